The summed E-state index contributed by atoms with van der Waals surface area (Å²) in [5.74, 6) is 0. The van der Waals surface area contributed by atoms with Gasteiger partial charge in [-0.1, -0.05) is 15.9 Å². The zero-order valence-electron chi connectivity index (χ0n) is 10.1. The quantitative estimate of drug-likeness (QED) is 0.918. The van der Waals surface area contributed by atoms with Crippen molar-refractivity contribution < 1.29 is 8.42 Å². The first kappa shape index (κ1) is 14.6. The fourth-order valence-electron chi connectivity index (χ4n) is 1.33. The smallest absolute Gasteiger partial charge is 0.243 e. The van der Waals surface area contributed by atoms with E-state index in [4.69, 9.17) is 5.73 Å². The molecule has 0 aliphatic heterocycles. The minimum Gasteiger partial charge on any atom is -0.329 e. The van der Waals surface area contributed by atoms with Crippen LogP contribution in [0.1, 0.15) is 12.5 Å². The third-order valence-corrected chi connectivity index (χ3v) is 5.63. The lowest BCUT2D eigenvalue weighted by Crippen LogP contribution is -2.39. The van der Waals surface area contributed by atoms with Crippen molar-refractivity contribution in [3.05, 3.63) is 28.2 Å². The highest BCUT2D eigenvalue weighted by atomic mass is 79.9. The first-order chi connectivity index (χ1) is 7.80. The van der Waals surface area contributed by atoms with Crippen LogP contribution in [0.2, 0.25) is 0 Å². The standard InChI is InChI=1S/C11H17BrN2O2S/c1-8-6-10(4-5-11(8)12)17(15,16)14(3)9(2)7-13/h4-6,9H,7,13H2,1-3H3. The van der Waals surface area contributed by atoms with E-state index < -0.39 is 10.0 Å². The molecule has 0 heterocycles. The largest absolute Gasteiger partial charge is 0.329 e. The highest BCUT2D eigenvalue weighted by molar-refractivity contribution is 9.10. The average Bonchev–Trinajstić information content (AvgIpc) is 2.30. The van der Waals surface area contributed by atoms with Crippen molar-refractivity contribution >= 4 is 26.0 Å². The van der Waals surface area contributed by atoms with Gasteiger partial charge < -0.3 is 5.73 Å². The molecule has 1 unspecified atom stereocenters. The van der Waals surface area contributed by atoms with E-state index in [-0.39, 0.29) is 6.04 Å². The lowest BCUT2D eigenvalue weighted by Gasteiger charge is -2.23. The Morgan fingerprint density at radius 2 is 2.06 bits per heavy atom. The van der Waals surface area contributed by atoms with Crippen molar-refractivity contribution in [2.24, 2.45) is 5.73 Å². The van der Waals surface area contributed by atoms with Gasteiger partial charge in [0.2, 0.25) is 10.0 Å². The van der Waals surface area contributed by atoms with Crippen LogP contribution in [-0.2, 0) is 10.0 Å². The Bertz CT molecular complexity index is 502. The first-order valence-corrected chi connectivity index (χ1v) is 7.48. The summed E-state index contributed by atoms with van der Waals surface area (Å²) in [4.78, 5) is 0.293. The molecule has 0 radical (unpaired) electrons. The number of halogens is 1. The Labute approximate surface area is 111 Å². The maximum Gasteiger partial charge on any atom is 0.243 e. The maximum absolute atomic E-state index is 12.3. The molecule has 0 aliphatic rings. The normalized spacial score (nSPS) is 14.0. The number of benzene rings is 1. The summed E-state index contributed by atoms with van der Waals surface area (Å²) in [5.41, 5.74) is 6.38. The summed E-state index contributed by atoms with van der Waals surface area (Å²) in [6.07, 6.45) is 0. The zero-order chi connectivity index (χ0) is 13.2. The van der Waals surface area contributed by atoms with E-state index in [9.17, 15) is 8.42 Å². The van der Waals surface area contributed by atoms with Crippen molar-refractivity contribution in [2.45, 2.75) is 24.8 Å². The molecule has 0 saturated carbocycles. The van der Waals surface area contributed by atoms with Crippen LogP contribution in [0, 0.1) is 6.92 Å². The van der Waals surface area contributed by atoms with Crippen molar-refractivity contribution in [2.75, 3.05) is 13.6 Å². The van der Waals surface area contributed by atoms with Crippen LogP contribution in [-0.4, -0.2) is 32.4 Å². The molecule has 6 heteroatoms. The molecule has 17 heavy (non-hydrogen) atoms. The monoisotopic (exact) mass is 320 g/mol. The van der Waals surface area contributed by atoms with Crippen molar-refractivity contribution in [3.63, 3.8) is 0 Å². The van der Waals surface area contributed by atoms with E-state index >= 15 is 0 Å². The van der Waals surface area contributed by atoms with Gasteiger partial charge in [-0.25, -0.2) is 8.42 Å². The van der Waals surface area contributed by atoms with Crippen molar-refractivity contribution in [1.82, 2.24) is 4.31 Å². The lowest BCUT2D eigenvalue weighted by atomic mass is 10.2. The lowest BCUT2D eigenvalue weighted by molar-refractivity contribution is 0.394. The third-order valence-electron chi connectivity index (χ3n) is 2.77. The Morgan fingerprint density at radius 1 is 1.47 bits per heavy atom. The number of hydrogen-bond donors (Lipinski definition) is 1. The van der Waals surface area contributed by atoms with E-state index in [1.807, 2.05) is 6.92 Å². The number of sulfonamides is 1. The van der Waals surface area contributed by atoms with Crippen molar-refractivity contribution in [3.8, 4) is 0 Å². The second-order valence-corrected chi connectivity index (χ2v) is 6.87. The molecule has 1 atom stereocenters. The molecular weight excluding hydrogens is 304 g/mol. The number of aryl methyl sites for hydroxylation is 1. The van der Waals surface area contributed by atoms with Gasteiger partial charge in [0.05, 0.1) is 4.90 Å². The van der Waals surface area contributed by atoms with E-state index in [2.05, 4.69) is 15.9 Å². The minimum atomic E-state index is -3.46. The van der Waals surface area contributed by atoms with E-state index in [1.54, 1.807) is 32.2 Å². The third kappa shape index (κ3) is 3.07. The van der Waals surface area contributed by atoms with Crippen LogP contribution in [0.25, 0.3) is 0 Å². The second kappa shape index (κ2) is 5.48. The van der Waals surface area contributed by atoms with Crippen LogP contribution in [0.3, 0.4) is 0 Å². The van der Waals surface area contributed by atoms with E-state index in [0.29, 0.717) is 11.4 Å². The predicted molar refractivity (Wildman–Crippen MR) is 72.3 cm³/mol. The van der Waals surface area contributed by atoms with E-state index in [1.165, 1.54) is 4.31 Å². The molecule has 0 saturated heterocycles. The maximum atomic E-state index is 12.3. The van der Waals surface area contributed by atoms with Gasteiger partial charge in [0.1, 0.15) is 0 Å². The molecule has 4 nitrogen and oxygen atoms in total. The number of nitrogens with two attached hydrogens (primary N) is 1. The van der Waals surface area contributed by atoms with Gasteiger partial charge >= 0.3 is 0 Å². The summed E-state index contributed by atoms with van der Waals surface area (Å²) >= 11 is 3.35. The molecule has 1 aromatic carbocycles. The van der Waals surface area contributed by atoms with Gasteiger partial charge in [-0.2, -0.15) is 4.31 Å². The number of rotatable bonds is 4. The number of likely N-dealkylation sites (N-methyl/N-ethyl adjacent to an activating group) is 1. The summed E-state index contributed by atoms with van der Waals surface area (Å²) < 4.78 is 26.7. The Morgan fingerprint density at radius 3 is 2.53 bits per heavy atom. The second-order valence-electron chi connectivity index (χ2n) is 4.02. The Hall–Kier alpha value is -0.430. The Balaban J connectivity index is 3.17. The van der Waals surface area contributed by atoms with Crippen LogP contribution < -0.4 is 5.73 Å². The summed E-state index contributed by atoms with van der Waals surface area (Å²) in [5, 5.41) is 0. The molecule has 2 N–H and O–H groups in total. The minimum absolute atomic E-state index is 0.219. The van der Waals surface area contributed by atoms with E-state index in [0.717, 1.165) is 10.0 Å². The van der Waals surface area contributed by atoms with Gasteiger partial charge in [0.15, 0.2) is 0 Å². The fraction of sp³-hybridized carbons (Fsp3) is 0.455. The molecule has 0 bridgehead atoms. The van der Waals surface area contributed by atoms with Gasteiger partial charge in [-0.05, 0) is 37.6 Å². The molecular formula is C11H17BrN2O2S. The van der Waals surface area contributed by atoms with Gasteiger partial charge in [0, 0.05) is 24.1 Å². The highest BCUT2D eigenvalue weighted by Crippen LogP contribution is 2.22. The van der Waals surface area contributed by atoms with Crippen LogP contribution in [0.5, 0.6) is 0 Å². The van der Waals surface area contributed by atoms with Crippen molar-refractivity contribution in [1.29, 1.82) is 0 Å². The van der Waals surface area contributed by atoms with Crippen LogP contribution in [0.15, 0.2) is 27.6 Å². The number of nitrogens with zero attached hydrogens (tertiary/aromatic N) is 1. The molecule has 96 valence electrons. The molecule has 0 aliphatic carbocycles. The van der Waals surface area contributed by atoms with Crippen LogP contribution in [0.4, 0.5) is 0 Å². The first-order valence-electron chi connectivity index (χ1n) is 5.25. The molecule has 0 fully saturated rings. The average molecular weight is 321 g/mol. The van der Waals surface area contributed by atoms with Gasteiger partial charge in [-0.3, -0.25) is 0 Å². The highest BCUT2D eigenvalue weighted by Gasteiger charge is 2.24. The summed E-state index contributed by atoms with van der Waals surface area (Å²) in [6, 6.07) is 4.76. The van der Waals surface area contributed by atoms with Gasteiger partial charge in [0.25, 0.3) is 0 Å². The molecule has 0 amide bonds. The summed E-state index contributed by atoms with van der Waals surface area (Å²) in [7, 11) is -1.91. The van der Waals surface area contributed by atoms with Gasteiger partial charge in [-0.15, -0.1) is 0 Å². The Kier molecular flexibility index (Phi) is 4.71. The summed E-state index contributed by atoms with van der Waals surface area (Å²) in [6.45, 7) is 3.93. The topological polar surface area (TPSA) is 63.4 Å². The molecule has 0 spiro atoms. The predicted octanol–water partition coefficient (Wildman–Crippen LogP) is 1.73. The van der Waals surface area contributed by atoms with Crippen LogP contribution >= 0.6 is 15.9 Å². The SMILES string of the molecule is Cc1cc(S(=O)(=O)N(C)C(C)CN)ccc1Br. The zero-order valence-corrected chi connectivity index (χ0v) is 12.5. The molecule has 1 aromatic rings. The molecule has 0 aromatic heterocycles. The number of hydrogen-bond acceptors (Lipinski definition) is 3. The fourth-order valence-corrected chi connectivity index (χ4v) is 3.03. The molecule has 1 rings (SSSR count).